The number of anilines is 2. The molecular weight excluding hydrogens is 430 g/mol. The van der Waals surface area contributed by atoms with Gasteiger partial charge in [-0.2, -0.15) is 0 Å². The maximum absolute atomic E-state index is 13.1. The lowest BCUT2D eigenvalue weighted by Crippen LogP contribution is -2.14. The summed E-state index contributed by atoms with van der Waals surface area (Å²) in [5, 5.41) is 10.1. The summed E-state index contributed by atoms with van der Waals surface area (Å²) in [6.45, 7) is 2.01. The molecule has 174 valence electrons. The van der Waals surface area contributed by atoms with Crippen LogP contribution in [-0.4, -0.2) is 48.8 Å². The first kappa shape index (κ1) is 20.8. The van der Waals surface area contributed by atoms with Gasteiger partial charge in [0, 0.05) is 23.6 Å². The van der Waals surface area contributed by atoms with Gasteiger partial charge in [0.15, 0.2) is 5.69 Å². The molecule has 10 nitrogen and oxygen atoms in total. The fraction of sp³-hybridized carbons (Fsp3) is 0.333. The molecule has 0 unspecified atom stereocenters. The molecule has 6 N–H and O–H groups in total. The van der Waals surface area contributed by atoms with E-state index in [1.807, 2.05) is 30.5 Å². The molecule has 2 aliphatic rings. The van der Waals surface area contributed by atoms with E-state index in [0.717, 1.165) is 60.9 Å². The van der Waals surface area contributed by atoms with Crippen molar-refractivity contribution >= 4 is 17.3 Å². The number of imidazole rings is 3. The third-order valence-corrected chi connectivity index (χ3v) is 6.51. The predicted octanol–water partition coefficient (Wildman–Crippen LogP) is 3.35. The normalized spacial score (nSPS) is 20.1. The Morgan fingerprint density at radius 3 is 2.29 bits per heavy atom. The van der Waals surface area contributed by atoms with Gasteiger partial charge in [-0.25, -0.2) is 15.0 Å². The van der Waals surface area contributed by atoms with E-state index < -0.39 is 0 Å². The lowest BCUT2D eigenvalue weighted by molar-refractivity contribution is 0.103. The van der Waals surface area contributed by atoms with Crippen molar-refractivity contribution in [3.8, 4) is 11.3 Å². The number of aromatic nitrogens is 6. The smallest absolute Gasteiger partial charge is 0.235 e. The van der Waals surface area contributed by atoms with E-state index >= 15 is 0 Å². The number of aromatic amines is 3. The number of H-pyrrole nitrogens is 3. The second kappa shape index (κ2) is 8.88. The van der Waals surface area contributed by atoms with Crippen molar-refractivity contribution in [1.29, 1.82) is 0 Å². The molecule has 2 fully saturated rings. The molecule has 6 rings (SSSR count). The summed E-state index contributed by atoms with van der Waals surface area (Å²) in [6, 6.07) is 8.44. The van der Waals surface area contributed by atoms with Crippen LogP contribution in [0, 0.1) is 0 Å². The van der Waals surface area contributed by atoms with Crippen molar-refractivity contribution in [1.82, 2.24) is 40.5 Å². The number of nitrogens with zero attached hydrogens (tertiary/aromatic N) is 3. The summed E-state index contributed by atoms with van der Waals surface area (Å²) >= 11 is 0. The molecule has 4 aromatic rings. The van der Waals surface area contributed by atoms with Gasteiger partial charge in [0.2, 0.25) is 5.78 Å². The van der Waals surface area contributed by atoms with Crippen LogP contribution in [0.1, 0.15) is 65.6 Å². The first-order valence-corrected chi connectivity index (χ1v) is 11.8. The van der Waals surface area contributed by atoms with Crippen molar-refractivity contribution in [3.63, 3.8) is 0 Å². The fourth-order valence-corrected chi connectivity index (χ4v) is 4.68. The minimum Gasteiger partial charge on any atom is -0.347 e. The largest absolute Gasteiger partial charge is 0.347 e. The molecule has 1 aromatic carbocycles. The van der Waals surface area contributed by atoms with Gasteiger partial charge in [-0.1, -0.05) is 12.1 Å². The molecule has 0 bridgehead atoms. The minimum absolute atomic E-state index is 0.178. The number of carbonyl (C=O) groups excluding carboxylic acids is 1. The Morgan fingerprint density at radius 1 is 0.882 bits per heavy atom. The molecule has 10 heteroatoms. The third kappa shape index (κ3) is 4.02. The summed E-state index contributed by atoms with van der Waals surface area (Å²) in [4.78, 5) is 36.0. The van der Waals surface area contributed by atoms with E-state index in [0.29, 0.717) is 23.2 Å². The average molecular weight is 458 g/mol. The Labute approximate surface area is 196 Å². The van der Waals surface area contributed by atoms with E-state index in [1.165, 1.54) is 12.7 Å². The third-order valence-electron chi connectivity index (χ3n) is 6.51. The van der Waals surface area contributed by atoms with Crippen LogP contribution >= 0.6 is 0 Å². The molecule has 2 saturated heterocycles. The number of ketones is 1. The SMILES string of the molecule is O=C(c1c[nH]c([C@@H]2CCCN2)n1)c1nc[nH]c1Nc1ccc(-c2c[nH]c([C@@H]3CCCN3)n2)cc1. The number of hydrogen-bond acceptors (Lipinski definition) is 7. The predicted molar refractivity (Wildman–Crippen MR) is 128 cm³/mol. The average Bonchev–Trinajstić information content (AvgIpc) is 3.70. The Balaban J connectivity index is 1.15. The quantitative estimate of drug-likeness (QED) is 0.234. The highest BCUT2D eigenvalue weighted by molar-refractivity contribution is 6.09. The molecule has 5 heterocycles. The van der Waals surface area contributed by atoms with E-state index in [1.54, 1.807) is 6.20 Å². The maximum Gasteiger partial charge on any atom is 0.235 e. The number of carbonyl (C=O) groups is 1. The van der Waals surface area contributed by atoms with E-state index in [9.17, 15) is 4.79 Å². The zero-order valence-electron chi connectivity index (χ0n) is 18.7. The Kier molecular flexibility index (Phi) is 5.44. The van der Waals surface area contributed by atoms with Crippen LogP contribution in [0.3, 0.4) is 0 Å². The van der Waals surface area contributed by atoms with Crippen LogP contribution < -0.4 is 16.0 Å². The van der Waals surface area contributed by atoms with Gasteiger partial charge in [-0.05, 0) is 50.9 Å². The Bertz CT molecular complexity index is 1270. The molecule has 0 radical (unpaired) electrons. The summed E-state index contributed by atoms with van der Waals surface area (Å²) in [6.07, 6.45) is 9.53. The van der Waals surface area contributed by atoms with Gasteiger partial charge >= 0.3 is 0 Å². The zero-order valence-corrected chi connectivity index (χ0v) is 18.7. The number of hydrogen-bond donors (Lipinski definition) is 6. The Morgan fingerprint density at radius 2 is 1.59 bits per heavy atom. The van der Waals surface area contributed by atoms with Gasteiger partial charge < -0.3 is 30.9 Å². The highest BCUT2D eigenvalue weighted by Gasteiger charge is 2.24. The van der Waals surface area contributed by atoms with Crippen LogP contribution in [0.4, 0.5) is 11.5 Å². The molecule has 0 aliphatic carbocycles. The first-order chi connectivity index (χ1) is 16.7. The molecule has 2 atom stereocenters. The van der Waals surface area contributed by atoms with Crippen LogP contribution in [0.25, 0.3) is 11.3 Å². The molecule has 2 aliphatic heterocycles. The fourth-order valence-electron chi connectivity index (χ4n) is 4.68. The molecule has 34 heavy (non-hydrogen) atoms. The van der Waals surface area contributed by atoms with Crippen molar-refractivity contribution in [2.45, 2.75) is 37.8 Å². The van der Waals surface area contributed by atoms with Crippen molar-refractivity contribution in [2.75, 3.05) is 18.4 Å². The van der Waals surface area contributed by atoms with E-state index in [2.05, 4.69) is 40.9 Å². The van der Waals surface area contributed by atoms with Gasteiger partial charge in [-0.3, -0.25) is 4.79 Å². The topological polar surface area (TPSA) is 139 Å². The van der Waals surface area contributed by atoms with Crippen molar-refractivity contribution < 1.29 is 4.79 Å². The van der Waals surface area contributed by atoms with E-state index in [-0.39, 0.29) is 11.8 Å². The number of nitrogens with one attached hydrogen (secondary N) is 6. The summed E-state index contributed by atoms with van der Waals surface area (Å²) in [5.74, 6) is 2.09. The van der Waals surface area contributed by atoms with Gasteiger partial charge in [-0.15, -0.1) is 0 Å². The highest BCUT2D eigenvalue weighted by atomic mass is 16.1. The lowest BCUT2D eigenvalue weighted by atomic mass is 10.1. The molecule has 3 aromatic heterocycles. The monoisotopic (exact) mass is 457 g/mol. The number of benzene rings is 1. The van der Waals surface area contributed by atoms with E-state index in [4.69, 9.17) is 4.98 Å². The van der Waals surface area contributed by atoms with Crippen LogP contribution in [0.2, 0.25) is 0 Å². The van der Waals surface area contributed by atoms with Gasteiger partial charge in [0.05, 0.1) is 24.1 Å². The minimum atomic E-state index is -0.231. The summed E-state index contributed by atoms with van der Waals surface area (Å²) in [7, 11) is 0. The van der Waals surface area contributed by atoms with Crippen molar-refractivity contribution in [2.24, 2.45) is 0 Å². The zero-order chi connectivity index (χ0) is 22.9. The summed E-state index contributed by atoms with van der Waals surface area (Å²) < 4.78 is 0. The van der Waals surface area contributed by atoms with Crippen LogP contribution in [0.5, 0.6) is 0 Å². The second-order valence-electron chi connectivity index (χ2n) is 8.80. The number of rotatable bonds is 7. The Hall–Kier alpha value is -3.76. The highest BCUT2D eigenvalue weighted by Crippen LogP contribution is 2.27. The molecule has 0 saturated carbocycles. The van der Waals surface area contributed by atoms with Crippen LogP contribution in [-0.2, 0) is 0 Å². The van der Waals surface area contributed by atoms with Gasteiger partial charge in [0.25, 0.3) is 0 Å². The lowest BCUT2D eigenvalue weighted by Gasteiger charge is -2.07. The van der Waals surface area contributed by atoms with Crippen molar-refractivity contribution in [3.05, 3.63) is 66.0 Å². The molecule has 0 amide bonds. The molecule has 0 spiro atoms. The first-order valence-electron chi connectivity index (χ1n) is 11.8. The van der Waals surface area contributed by atoms with Crippen LogP contribution in [0.15, 0.2) is 43.0 Å². The maximum atomic E-state index is 13.1. The standard InChI is InChI=1S/C24H27N9O/c34-21(19-12-28-23(33-19)17-4-2-10-26-17)20-24(30-13-29-20)31-15-7-5-14(6-8-15)18-11-27-22(32-18)16-3-1-9-25-16/h5-8,11-13,16-17,25-26,31H,1-4,9-10H2,(H,27,32)(H,28,33)(H,29,30)/t16-,17-/m0/s1. The molecular formula is C24H27N9O. The second-order valence-corrected chi connectivity index (χ2v) is 8.80. The van der Waals surface area contributed by atoms with Gasteiger partial charge in [0.1, 0.15) is 23.2 Å². The summed E-state index contributed by atoms with van der Waals surface area (Å²) in [5.41, 5.74) is 3.45.